The molecule has 48 valence electrons. The number of hydrogen-bond acceptors (Lipinski definition) is 3. The lowest BCUT2D eigenvalue weighted by Crippen LogP contribution is -2.26. The van der Waals surface area contributed by atoms with Gasteiger partial charge in [-0.15, -0.1) is 0 Å². The quantitative estimate of drug-likeness (QED) is 0.345. The summed E-state index contributed by atoms with van der Waals surface area (Å²) in [6.45, 7) is 0. The van der Waals surface area contributed by atoms with E-state index in [0.717, 1.165) is 0 Å². The van der Waals surface area contributed by atoms with E-state index in [2.05, 4.69) is 0 Å². The van der Waals surface area contributed by atoms with Crippen LogP contribution in [0.1, 0.15) is 12.8 Å². The van der Waals surface area contributed by atoms with E-state index in [9.17, 15) is 14.4 Å². The molecule has 0 aromatic carbocycles. The third-order valence-corrected chi connectivity index (χ3v) is 1.20. The van der Waals surface area contributed by atoms with E-state index < -0.39 is 11.8 Å². The standard InChI is InChI=1S/C5H5NO3/c7-3-6-4(8)1-2-5(6)9/h3H,1-2H2. The monoisotopic (exact) mass is 127 g/mol. The smallest absolute Gasteiger partial charge is 0.236 e. The van der Waals surface area contributed by atoms with Gasteiger partial charge in [0.1, 0.15) is 0 Å². The van der Waals surface area contributed by atoms with Crippen LogP contribution in [0.4, 0.5) is 0 Å². The van der Waals surface area contributed by atoms with E-state index >= 15 is 0 Å². The van der Waals surface area contributed by atoms with Gasteiger partial charge in [0.05, 0.1) is 0 Å². The molecule has 1 aliphatic heterocycles. The van der Waals surface area contributed by atoms with E-state index in [1.54, 1.807) is 0 Å². The Morgan fingerprint density at radius 3 is 1.89 bits per heavy atom. The van der Waals surface area contributed by atoms with E-state index in [1.165, 1.54) is 0 Å². The van der Waals surface area contributed by atoms with E-state index in [-0.39, 0.29) is 19.3 Å². The van der Waals surface area contributed by atoms with Crippen molar-refractivity contribution in [3.05, 3.63) is 0 Å². The van der Waals surface area contributed by atoms with Gasteiger partial charge in [0.2, 0.25) is 18.2 Å². The number of amides is 3. The van der Waals surface area contributed by atoms with Crippen LogP contribution in [0.15, 0.2) is 0 Å². The normalized spacial score (nSPS) is 18.9. The highest BCUT2D eigenvalue weighted by molar-refractivity contribution is 6.09. The van der Waals surface area contributed by atoms with Gasteiger partial charge >= 0.3 is 0 Å². The fourth-order valence-corrected chi connectivity index (χ4v) is 0.711. The highest BCUT2D eigenvalue weighted by Crippen LogP contribution is 2.07. The minimum Gasteiger partial charge on any atom is -0.278 e. The SMILES string of the molecule is O=CN1C(=O)CCC1=O. The second-order valence-corrected chi connectivity index (χ2v) is 1.76. The van der Waals surface area contributed by atoms with Crippen molar-refractivity contribution in [2.24, 2.45) is 0 Å². The van der Waals surface area contributed by atoms with Crippen LogP contribution in [0.25, 0.3) is 0 Å². The molecule has 0 aromatic heterocycles. The Kier molecular flexibility index (Phi) is 1.30. The third-order valence-electron chi connectivity index (χ3n) is 1.20. The Hall–Kier alpha value is -1.19. The Morgan fingerprint density at radius 2 is 1.67 bits per heavy atom. The maximum atomic E-state index is 10.5. The minimum atomic E-state index is -0.394. The molecule has 1 heterocycles. The number of rotatable bonds is 1. The zero-order chi connectivity index (χ0) is 6.85. The maximum absolute atomic E-state index is 10.5. The van der Waals surface area contributed by atoms with Crippen molar-refractivity contribution in [1.29, 1.82) is 0 Å². The molecule has 9 heavy (non-hydrogen) atoms. The van der Waals surface area contributed by atoms with Crippen LogP contribution in [0.3, 0.4) is 0 Å². The fourth-order valence-electron chi connectivity index (χ4n) is 0.711. The van der Waals surface area contributed by atoms with E-state index in [1.807, 2.05) is 0 Å². The molecule has 4 nitrogen and oxygen atoms in total. The minimum absolute atomic E-state index is 0.178. The summed E-state index contributed by atoms with van der Waals surface area (Å²) >= 11 is 0. The summed E-state index contributed by atoms with van der Waals surface area (Å²) in [5.74, 6) is -0.787. The van der Waals surface area contributed by atoms with Crippen LogP contribution < -0.4 is 0 Å². The van der Waals surface area contributed by atoms with E-state index in [4.69, 9.17) is 0 Å². The first-order valence-corrected chi connectivity index (χ1v) is 2.56. The summed E-state index contributed by atoms with van der Waals surface area (Å²) in [6.07, 6.45) is 0.618. The first kappa shape index (κ1) is 5.94. The van der Waals surface area contributed by atoms with Gasteiger partial charge in [-0.1, -0.05) is 0 Å². The molecule has 0 radical (unpaired) electrons. The maximum Gasteiger partial charge on any atom is 0.236 e. The van der Waals surface area contributed by atoms with Crippen molar-refractivity contribution in [2.75, 3.05) is 0 Å². The first-order valence-electron chi connectivity index (χ1n) is 2.56. The molecule has 1 fully saturated rings. The summed E-state index contributed by atoms with van der Waals surface area (Å²) in [7, 11) is 0. The molecule has 0 N–H and O–H groups in total. The second-order valence-electron chi connectivity index (χ2n) is 1.76. The van der Waals surface area contributed by atoms with Crippen LogP contribution in [-0.2, 0) is 14.4 Å². The Labute approximate surface area is 51.4 Å². The molecule has 1 saturated heterocycles. The van der Waals surface area contributed by atoms with Gasteiger partial charge < -0.3 is 0 Å². The van der Waals surface area contributed by atoms with Gasteiger partial charge in [-0.2, -0.15) is 0 Å². The fraction of sp³-hybridized carbons (Fsp3) is 0.400. The van der Waals surface area contributed by atoms with Crippen molar-refractivity contribution < 1.29 is 14.4 Å². The summed E-state index contributed by atoms with van der Waals surface area (Å²) in [5, 5.41) is 0. The Bertz CT molecular complexity index is 159. The molecule has 0 aliphatic carbocycles. The highest BCUT2D eigenvalue weighted by Gasteiger charge is 2.27. The third kappa shape index (κ3) is 0.826. The number of carbonyl (C=O) groups is 3. The molecule has 0 unspecified atom stereocenters. The van der Waals surface area contributed by atoms with Crippen LogP contribution in [0, 0.1) is 0 Å². The lowest BCUT2D eigenvalue weighted by atomic mass is 10.4. The lowest BCUT2D eigenvalue weighted by Gasteiger charge is -1.99. The predicted molar refractivity (Wildman–Crippen MR) is 27.2 cm³/mol. The molecule has 0 spiro atoms. The number of likely N-dealkylation sites (tertiary alicyclic amines) is 1. The van der Waals surface area contributed by atoms with Gasteiger partial charge in [0, 0.05) is 12.8 Å². The van der Waals surface area contributed by atoms with Gasteiger partial charge in [-0.25, -0.2) is 4.90 Å². The van der Waals surface area contributed by atoms with Crippen LogP contribution in [0.5, 0.6) is 0 Å². The first-order chi connectivity index (χ1) is 4.25. The van der Waals surface area contributed by atoms with Crippen LogP contribution >= 0.6 is 0 Å². The highest BCUT2D eigenvalue weighted by atomic mass is 16.2. The van der Waals surface area contributed by atoms with E-state index in [0.29, 0.717) is 4.90 Å². The number of nitrogens with zero attached hydrogens (tertiary/aromatic N) is 1. The van der Waals surface area contributed by atoms with Gasteiger partial charge in [-0.05, 0) is 0 Å². The predicted octanol–water partition coefficient (Wildman–Crippen LogP) is -0.708. The Morgan fingerprint density at radius 1 is 1.22 bits per heavy atom. The van der Waals surface area contributed by atoms with Crippen molar-refractivity contribution in [3.63, 3.8) is 0 Å². The molecular weight excluding hydrogens is 122 g/mol. The molecule has 0 aromatic rings. The van der Waals surface area contributed by atoms with Crippen molar-refractivity contribution in [1.82, 2.24) is 4.90 Å². The van der Waals surface area contributed by atoms with Crippen molar-refractivity contribution in [2.45, 2.75) is 12.8 Å². The molecular formula is C5H5NO3. The van der Waals surface area contributed by atoms with Crippen LogP contribution in [0.2, 0.25) is 0 Å². The molecule has 0 saturated carbocycles. The van der Waals surface area contributed by atoms with Crippen molar-refractivity contribution >= 4 is 18.2 Å². The van der Waals surface area contributed by atoms with Gasteiger partial charge in [0.15, 0.2) is 0 Å². The van der Waals surface area contributed by atoms with Gasteiger partial charge in [0.25, 0.3) is 0 Å². The number of hydrogen-bond donors (Lipinski definition) is 0. The largest absolute Gasteiger partial charge is 0.278 e. The van der Waals surface area contributed by atoms with Gasteiger partial charge in [-0.3, -0.25) is 14.4 Å². The Balaban J connectivity index is 2.77. The van der Waals surface area contributed by atoms with Crippen LogP contribution in [-0.4, -0.2) is 23.1 Å². The molecule has 3 amide bonds. The molecule has 0 atom stereocenters. The molecule has 1 aliphatic rings. The molecule has 1 rings (SSSR count). The summed E-state index contributed by atoms with van der Waals surface area (Å²) in [4.78, 5) is 31.5. The zero-order valence-corrected chi connectivity index (χ0v) is 4.66. The molecule has 4 heteroatoms. The van der Waals surface area contributed by atoms with Crippen molar-refractivity contribution in [3.8, 4) is 0 Å². The number of carbonyl (C=O) groups excluding carboxylic acids is 3. The summed E-state index contributed by atoms with van der Waals surface area (Å²) in [6, 6.07) is 0. The average Bonchev–Trinajstić information content (AvgIpc) is 2.12. The summed E-state index contributed by atoms with van der Waals surface area (Å²) < 4.78 is 0. The molecule has 0 bridgehead atoms. The summed E-state index contributed by atoms with van der Waals surface area (Å²) in [5.41, 5.74) is 0. The topological polar surface area (TPSA) is 54.5 Å². The average molecular weight is 127 g/mol. The lowest BCUT2D eigenvalue weighted by molar-refractivity contribution is -0.143. The number of imide groups is 3. The zero-order valence-electron chi connectivity index (χ0n) is 4.66. The second kappa shape index (κ2) is 1.97.